The van der Waals surface area contributed by atoms with Crippen molar-refractivity contribution in [2.75, 3.05) is 0 Å². The van der Waals surface area contributed by atoms with Gasteiger partial charge in [-0.1, -0.05) is 13.8 Å². The predicted molar refractivity (Wildman–Crippen MR) is 68.2 cm³/mol. The summed E-state index contributed by atoms with van der Waals surface area (Å²) in [6.45, 7) is 5.65. The highest BCUT2D eigenvalue weighted by molar-refractivity contribution is 5.97. The Morgan fingerprint density at radius 2 is 2.05 bits per heavy atom. The molecule has 0 radical (unpaired) electrons. The van der Waals surface area contributed by atoms with Gasteiger partial charge < -0.3 is 9.84 Å². The van der Waals surface area contributed by atoms with E-state index in [0.717, 1.165) is 5.57 Å². The fourth-order valence-electron chi connectivity index (χ4n) is 4.03. The molecular formula is C15H20O4. The number of allylic oxidation sites excluding steroid dienone is 1. The Bertz CT molecular complexity index is 492. The van der Waals surface area contributed by atoms with Crippen LogP contribution >= 0.6 is 0 Å². The van der Waals surface area contributed by atoms with Crippen molar-refractivity contribution < 1.29 is 19.4 Å². The van der Waals surface area contributed by atoms with Gasteiger partial charge in [0.2, 0.25) is 0 Å². The van der Waals surface area contributed by atoms with Gasteiger partial charge in [-0.3, -0.25) is 9.59 Å². The molecule has 1 saturated heterocycles. The topological polar surface area (TPSA) is 63.6 Å². The number of ketones is 1. The molecule has 1 N–H and O–H groups in total. The first-order chi connectivity index (χ1) is 8.86. The van der Waals surface area contributed by atoms with Gasteiger partial charge in [0.1, 0.15) is 6.10 Å². The minimum absolute atomic E-state index is 0.00595. The number of carbonyl (C=O) groups excluding carboxylic acids is 2. The fourth-order valence-corrected chi connectivity index (χ4v) is 4.03. The summed E-state index contributed by atoms with van der Waals surface area (Å²) in [6, 6.07) is 0. The molecule has 0 spiro atoms. The van der Waals surface area contributed by atoms with Gasteiger partial charge in [-0.05, 0) is 30.9 Å². The molecule has 4 nitrogen and oxygen atoms in total. The molecule has 19 heavy (non-hydrogen) atoms. The number of hydrogen-bond acceptors (Lipinski definition) is 4. The van der Waals surface area contributed by atoms with Gasteiger partial charge in [-0.25, -0.2) is 0 Å². The Hall–Kier alpha value is -1.16. The summed E-state index contributed by atoms with van der Waals surface area (Å²) < 4.78 is 5.52. The lowest BCUT2D eigenvalue weighted by Crippen LogP contribution is -2.50. The highest BCUT2D eigenvalue weighted by atomic mass is 16.6. The number of rotatable bonds is 0. The highest BCUT2D eigenvalue weighted by Gasteiger charge is 2.57. The molecule has 0 aromatic heterocycles. The number of Topliss-reactive ketones (excluding diaryl/α,β-unsaturated/α-hetero) is 1. The third-order valence-electron chi connectivity index (χ3n) is 5.47. The summed E-state index contributed by atoms with van der Waals surface area (Å²) in [5.74, 6) is -0.270. The SMILES string of the molecule is CC1=C2[C@@H]3OC(=O)[C@@H](C)[C@@H]3C[C@H](O)[C@@]2(C)CCC1=O. The van der Waals surface area contributed by atoms with Gasteiger partial charge in [-0.2, -0.15) is 0 Å². The second-order valence-corrected chi connectivity index (χ2v) is 6.44. The highest BCUT2D eigenvalue weighted by Crippen LogP contribution is 2.54. The zero-order valence-corrected chi connectivity index (χ0v) is 11.6. The minimum atomic E-state index is -0.497. The zero-order valence-electron chi connectivity index (χ0n) is 11.6. The van der Waals surface area contributed by atoms with Crippen molar-refractivity contribution in [2.45, 2.75) is 52.2 Å². The third kappa shape index (κ3) is 1.55. The predicted octanol–water partition coefficient (Wildman–Crippen LogP) is 1.61. The first-order valence-electron chi connectivity index (χ1n) is 6.99. The van der Waals surface area contributed by atoms with Crippen LogP contribution in [0.1, 0.15) is 40.0 Å². The van der Waals surface area contributed by atoms with E-state index < -0.39 is 11.5 Å². The maximum absolute atomic E-state index is 12.0. The number of fused-ring (bicyclic) bond motifs is 3. The van der Waals surface area contributed by atoms with E-state index in [-0.39, 0.29) is 29.7 Å². The summed E-state index contributed by atoms with van der Waals surface area (Å²) in [7, 11) is 0. The van der Waals surface area contributed by atoms with Crippen LogP contribution in [-0.2, 0) is 14.3 Å². The van der Waals surface area contributed by atoms with Crippen molar-refractivity contribution in [2.24, 2.45) is 17.3 Å². The van der Waals surface area contributed by atoms with Crippen LogP contribution in [0.25, 0.3) is 0 Å². The first kappa shape index (κ1) is 12.9. The van der Waals surface area contributed by atoms with E-state index in [9.17, 15) is 14.7 Å². The van der Waals surface area contributed by atoms with Crippen molar-refractivity contribution >= 4 is 11.8 Å². The molecule has 1 heterocycles. The van der Waals surface area contributed by atoms with Gasteiger partial charge >= 0.3 is 5.97 Å². The molecule has 5 atom stereocenters. The molecule has 0 aromatic rings. The molecule has 3 aliphatic rings. The van der Waals surface area contributed by atoms with Crippen molar-refractivity contribution in [3.8, 4) is 0 Å². The quantitative estimate of drug-likeness (QED) is 0.675. The van der Waals surface area contributed by atoms with Gasteiger partial charge in [-0.15, -0.1) is 0 Å². The van der Waals surface area contributed by atoms with E-state index in [1.54, 1.807) is 6.92 Å². The molecule has 0 unspecified atom stereocenters. The van der Waals surface area contributed by atoms with Crippen molar-refractivity contribution in [1.29, 1.82) is 0 Å². The third-order valence-corrected chi connectivity index (χ3v) is 5.47. The van der Waals surface area contributed by atoms with Crippen molar-refractivity contribution in [3.05, 3.63) is 11.1 Å². The van der Waals surface area contributed by atoms with E-state index in [2.05, 4.69) is 0 Å². The standard InChI is InChI=1S/C15H20O4/c1-7-9-6-11(17)15(3)5-4-10(16)8(2)12(15)13(9)19-14(7)18/h7,9,11,13,17H,4-6H2,1-3H3/t7-,9-,11-,13+,15+/m0/s1. The van der Waals surface area contributed by atoms with Crippen LogP contribution in [0.4, 0.5) is 0 Å². The Kier molecular flexibility index (Phi) is 2.65. The van der Waals surface area contributed by atoms with Gasteiger partial charge in [0.15, 0.2) is 5.78 Å². The number of ether oxygens (including phenoxy) is 1. The molecule has 0 bridgehead atoms. The smallest absolute Gasteiger partial charge is 0.309 e. The largest absolute Gasteiger partial charge is 0.457 e. The summed E-state index contributed by atoms with van der Waals surface area (Å²) in [5, 5.41) is 10.5. The summed E-state index contributed by atoms with van der Waals surface area (Å²) in [4.78, 5) is 23.8. The van der Waals surface area contributed by atoms with E-state index in [4.69, 9.17) is 4.74 Å². The van der Waals surface area contributed by atoms with Gasteiger partial charge in [0, 0.05) is 17.8 Å². The Balaban J connectivity index is 2.13. The number of aliphatic hydroxyl groups is 1. The lowest BCUT2D eigenvalue weighted by Gasteiger charge is -2.48. The van der Waals surface area contributed by atoms with Crippen molar-refractivity contribution in [3.63, 3.8) is 0 Å². The van der Waals surface area contributed by atoms with E-state index in [1.165, 1.54) is 0 Å². The molecule has 2 aliphatic carbocycles. The van der Waals surface area contributed by atoms with Crippen LogP contribution in [0.15, 0.2) is 11.1 Å². The summed E-state index contributed by atoms with van der Waals surface area (Å²) in [5.41, 5.74) is 1.17. The molecular weight excluding hydrogens is 244 g/mol. The zero-order chi connectivity index (χ0) is 13.9. The maximum Gasteiger partial charge on any atom is 0.309 e. The average Bonchev–Trinajstić information content (AvgIpc) is 2.63. The van der Waals surface area contributed by atoms with Crippen LogP contribution in [0.2, 0.25) is 0 Å². The number of hydrogen-bond donors (Lipinski definition) is 1. The van der Waals surface area contributed by atoms with Gasteiger partial charge in [0.25, 0.3) is 0 Å². The molecule has 3 rings (SSSR count). The van der Waals surface area contributed by atoms with Crippen molar-refractivity contribution in [1.82, 2.24) is 0 Å². The number of carbonyl (C=O) groups is 2. The summed E-state index contributed by atoms with van der Waals surface area (Å²) in [6.07, 6.45) is 0.904. The number of esters is 1. The fraction of sp³-hybridized carbons (Fsp3) is 0.733. The molecule has 1 saturated carbocycles. The lowest BCUT2D eigenvalue weighted by atomic mass is 9.58. The van der Waals surface area contributed by atoms with Gasteiger partial charge in [0.05, 0.1) is 12.0 Å². The lowest BCUT2D eigenvalue weighted by molar-refractivity contribution is -0.144. The van der Waals surface area contributed by atoms with Crippen LogP contribution in [0, 0.1) is 17.3 Å². The Labute approximate surface area is 112 Å². The van der Waals surface area contributed by atoms with Crippen LogP contribution < -0.4 is 0 Å². The van der Waals surface area contributed by atoms with Crippen LogP contribution in [0.5, 0.6) is 0 Å². The molecule has 0 aromatic carbocycles. The minimum Gasteiger partial charge on any atom is -0.457 e. The second kappa shape index (κ2) is 3.92. The molecule has 104 valence electrons. The number of aliphatic hydroxyl groups excluding tert-OH is 1. The Morgan fingerprint density at radius 3 is 2.74 bits per heavy atom. The monoisotopic (exact) mass is 264 g/mol. The molecule has 2 fully saturated rings. The Morgan fingerprint density at radius 1 is 1.37 bits per heavy atom. The van der Waals surface area contributed by atoms with E-state index in [1.807, 2.05) is 13.8 Å². The normalized spacial score (nSPS) is 45.9. The first-order valence-corrected chi connectivity index (χ1v) is 6.99. The summed E-state index contributed by atoms with van der Waals surface area (Å²) >= 11 is 0. The molecule has 1 aliphatic heterocycles. The maximum atomic E-state index is 12.0. The average molecular weight is 264 g/mol. The molecule has 4 heteroatoms. The van der Waals surface area contributed by atoms with Crippen LogP contribution in [-0.4, -0.2) is 29.1 Å². The molecule has 0 amide bonds. The van der Waals surface area contributed by atoms with E-state index in [0.29, 0.717) is 24.8 Å². The van der Waals surface area contributed by atoms with E-state index >= 15 is 0 Å². The second-order valence-electron chi connectivity index (χ2n) is 6.44. The van der Waals surface area contributed by atoms with Crippen LogP contribution in [0.3, 0.4) is 0 Å².